The zero-order valence-electron chi connectivity index (χ0n) is 7.01. The van der Waals surface area contributed by atoms with E-state index in [4.69, 9.17) is 16.3 Å². The van der Waals surface area contributed by atoms with E-state index in [-0.39, 0.29) is 17.2 Å². The standard InChI is InChI=1S/C9H8ClFO2/c1-2-9(12)13-8-5-6(11)3-4-7(8)10/h3-5H,2H2,1H3. The lowest BCUT2D eigenvalue weighted by atomic mass is 10.3. The SMILES string of the molecule is CCC(=O)Oc1cc(F)ccc1Cl. The molecule has 13 heavy (non-hydrogen) atoms. The number of carbonyl (C=O) groups excluding carboxylic acids is 1. The fraction of sp³-hybridized carbons (Fsp3) is 0.222. The highest BCUT2D eigenvalue weighted by molar-refractivity contribution is 6.32. The van der Waals surface area contributed by atoms with E-state index < -0.39 is 11.8 Å². The molecule has 0 spiro atoms. The lowest BCUT2D eigenvalue weighted by Gasteiger charge is -2.03. The van der Waals surface area contributed by atoms with Crippen molar-refractivity contribution in [2.45, 2.75) is 13.3 Å². The Labute approximate surface area is 80.3 Å². The highest BCUT2D eigenvalue weighted by atomic mass is 35.5. The summed E-state index contributed by atoms with van der Waals surface area (Å²) in [6.45, 7) is 1.65. The summed E-state index contributed by atoms with van der Waals surface area (Å²) in [5.74, 6) is -0.857. The van der Waals surface area contributed by atoms with Crippen LogP contribution in [0.1, 0.15) is 13.3 Å². The molecule has 0 aliphatic heterocycles. The van der Waals surface area contributed by atoms with Crippen LogP contribution in [0.5, 0.6) is 5.75 Å². The minimum Gasteiger partial charge on any atom is -0.425 e. The fourth-order valence-corrected chi connectivity index (χ4v) is 0.906. The maximum Gasteiger partial charge on any atom is 0.310 e. The minimum atomic E-state index is -0.483. The van der Waals surface area contributed by atoms with E-state index >= 15 is 0 Å². The molecular formula is C9H8ClFO2. The van der Waals surface area contributed by atoms with Gasteiger partial charge >= 0.3 is 5.97 Å². The van der Waals surface area contributed by atoms with Crippen molar-refractivity contribution in [3.63, 3.8) is 0 Å². The Morgan fingerprint density at radius 3 is 2.92 bits per heavy atom. The average molecular weight is 203 g/mol. The summed E-state index contributed by atoms with van der Waals surface area (Å²) in [5.41, 5.74) is 0. The molecule has 0 heterocycles. The smallest absolute Gasteiger partial charge is 0.310 e. The van der Waals surface area contributed by atoms with Crippen molar-refractivity contribution in [1.29, 1.82) is 0 Å². The molecule has 0 aromatic heterocycles. The average Bonchev–Trinajstić information content (AvgIpc) is 2.11. The van der Waals surface area contributed by atoms with Crippen molar-refractivity contribution in [3.05, 3.63) is 29.0 Å². The minimum absolute atomic E-state index is 0.0634. The summed E-state index contributed by atoms with van der Waals surface area (Å²) in [5, 5.41) is 0.225. The summed E-state index contributed by atoms with van der Waals surface area (Å²) in [7, 11) is 0. The van der Waals surface area contributed by atoms with Crippen molar-refractivity contribution in [1.82, 2.24) is 0 Å². The van der Waals surface area contributed by atoms with E-state index in [1.54, 1.807) is 6.92 Å². The Balaban J connectivity index is 2.87. The molecular weight excluding hydrogens is 195 g/mol. The number of rotatable bonds is 2. The molecule has 0 amide bonds. The maximum atomic E-state index is 12.7. The van der Waals surface area contributed by atoms with Crippen LogP contribution in [0, 0.1) is 5.82 Å². The summed E-state index contributed by atoms with van der Waals surface area (Å²) in [6, 6.07) is 3.62. The molecule has 1 rings (SSSR count). The normalized spacial score (nSPS) is 9.77. The molecule has 0 atom stereocenters. The van der Waals surface area contributed by atoms with E-state index in [0.717, 1.165) is 6.07 Å². The summed E-state index contributed by atoms with van der Waals surface area (Å²) in [6.07, 6.45) is 0.229. The van der Waals surface area contributed by atoms with Gasteiger partial charge in [-0.2, -0.15) is 0 Å². The number of halogens is 2. The molecule has 0 unspecified atom stereocenters. The first-order valence-corrected chi connectivity index (χ1v) is 4.17. The lowest BCUT2D eigenvalue weighted by Crippen LogP contribution is -2.05. The molecule has 0 N–H and O–H groups in total. The maximum absolute atomic E-state index is 12.7. The van der Waals surface area contributed by atoms with Gasteiger partial charge in [0.2, 0.25) is 0 Å². The lowest BCUT2D eigenvalue weighted by molar-refractivity contribution is -0.134. The van der Waals surface area contributed by atoms with Crippen LogP contribution in [0.25, 0.3) is 0 Å². The van der Waals surface area contributed by atoms with Gasteiger partial charge < -0.3 is 4.74 Å². The number of esters is 1. The predicted octanol–water partition coefficient (Wildman–Crippen LogP) is 2.79. The van der Waals surface area contributed by atoms with E-state index in [1.165, 1.54) is 12.1 Å². The first-order valence-electron chi connectivity index (χ1n) is 3.79. The first-order chi connectivity index (χ1) is 6.13. The number of hydrogen-bond acceptors (Lipinski definition) is 2. The van der Waals surface area contributed by atoms with Crippen LogP contribution >= 0.6 is 11.6 Å². The van der Waals surface area contributed by atoms with Gasteiger partial charge in [-0.15, -0.1) is 0 Å². The zero-order valence-corrected chi connectivity index (χ0v) is 7.77. The van der Waals surface area contributed by atoms with Gasteiger partial charge in [0.25, 0.3) is 0 Å². The molecule has 1 aromatic carbocycles. The van der Waals surface area contributed by atoms with Crippen molar-refractivity contribution in [2.75, 3.05) is 0 Å². The molecule has 70 valence electrons. The third kappa shape index (κ3) is 2.70. The van der Waals surface area contributed by atoms with Crippen LogP contribution < -0.4 is 4.74 Å². The summed E-state index contributed by atoms with van der Waals surface area (Å²) >= 11 is 5.65. The molecule has 0 saturated carbocycles. The van der Waals surface area contributed by atoms with Gasteiger partial charge in [0.1, 0.15) is 5.82 Å². The third-order valence-corrected chi connectivity index (χ3v) is 1.72. The molecule has 2 nitrogen and oxygen atoms in total. The Hall–Kier alpha value is -1.09. The van der Waals surface area contributed by atoms with E-state index in [9.17, 15) is 9.18 Å². The highest BCUT2D eigenvalue weighted by Crippen LogP contribution is 2.25. The number of carbonyl (C=O) groups is 1. The second-order valence-electron chi connectivity index (χ2n) is 2.40. The Bertz CT molecular complexity index is 325. The van der Waals surface area contributed by atoms with Crippen molar-refractivity contribution >= 4 is 17.6 Å². The van der Waals surface area contributed by atoms with Gasteiger partial charge in [-0.25, -0.2) is 4.39 Å². The van der Waals surface area contributed by atoms with Crippen LogP contribution in [0.15, 0.2) is 18.2 Å². The van der Waals surface area contributed by atoms with Gasteiger partial charge in [0.15, 0.2) is 5.75 Å². The second kappa shape index (κ2) is 4.23. The topological polar surface area (TPSA) is 26.3 Å². The number of benzene rings is 1. The van der Waals surface area contributed by atoms with E-state index in [0.29, 0.717) is 0 Å². The Kier molecular flexibility index (Phi) is 3.25. The Morgan fingerprint density at radius 1 is 1.62 bits per heavy atom. The van der Waals surface area contributed by atoms with E-state index in [2.05, 4.69) is 0 Å². The van der Waals surface area contributed by atoms with Crippen LogP contribution in [-0.4, -0.2) is 5.97 Å². The van der Waals surface area contributed by atoms with Crippen LogP contribution in [-0.2, 0) is 4.79 Å². The first kappa shape index (κ1) is 9.99. The largest absolute Gasteiger partial charge is 0.425 e. The molecule has 0 saturated heterocycles. The van der Waals surface area contributed by atoms with Crippen LogP contribution in [0.2, 0.25) is 5.02 Å². The Morgan fingerprint density at radius 2 is 2.31 bits per heavy atom. The van der Waals surface area contributed by atoms with Gasteiger partial charge in [0, 0.05) is 12.5 Å². The molecule has 0 bridgehead atoms. The van der Waals surface area contributed by atoms with Gasteiger partial charge in [-0.1, -0.05) is 18.5 Å². The van der Waals surface area contributed by atoms with E-state index in [1.807, 2.05) is 0 Å². The van der Waals surface area contributed by atoms with Crippen molar-refractivity contribution in [3.8, 4) is 5.75 Å². The monoisotopic (exact) mass is 202 g/mol. The van der Waals surface area contributed by atoms with Gasteiger partial charge in [0.05, 0.1) is 5.02 Å². The molecule has 1 aromatic rings. The highest BCUT2D eigenvalue weighted by Gasteiger charge is 2.06. The quantitative estimate of drug-likeness (QED) is 0.545. The fourth-order valence-electron chi connectivity index (χ4n) is 0.750. The number of ether oxygens (including phenoxy) is 1. The summed E-state index contributed by atoms with van der Waals surface area (Å²) in [4.78, 5) is 10.8. The molecule has 0 fully saturated rings. The second-order valence-corrected chi connectivity index (χ2v) is 2.81. The predicted molar refractivity (Wildman–Crippen MR) is 47.3 cm³/mol. The molecule has 0 aliphatic carbocycles. The van der Waals surface area contributed by atoms with Crippen LogP contribution in [0.3, 0.4) is 0 Å². The molecule has 0 aliphatic rings. The summed E-state index contributed by atoms with van der Waals surface area (Å²) < 4.78 is 17.4. The van der Waals surface area contributed by atoms with Crippen molar-refractivity contribution in [2.24, 2.45) is 0 Å². The van der Waals surface area contributed by atoms with Gasteiger partial charge in [-0.05, 0) is 12.1 Å². The van der Waals surface area contributed by atoms with Crippen LogP contribution in [0.4, 0.5) is 4.39 Å². The number of hydrogen-bond donors (Lipinski definition) is 0. The molecule has 4 heteroatoms. The molecule has 0 radical (unpaired) electrons. The third-order valence-electron chi connectivity index (χ3n) is 1.41. The zero-order chi connectivity index (χ0) is 9.84. The van der Waals surface area contributed by atoms with Gasteiger partial charge in [-0.3, -0.25) is 4.79 Å². The van der Waals surface area contributed by atoms with Crippen molar-refractivity contribution < 1.29 is 13.9 Å².